The number of aromatic nitrogens is 1. The summed E-state index contributed by atoms with van der Waals surface area (Å²) in [6.45, 7) is 16.1. The fourth-order valence-electron chi connectivity index (χ4n) is 3.21. The Morgan fingerprint density at radius 1 is 1.30 bits per heavy atom. The summed E-state index contributed by atoms with van der Waals surface area (Å²) in [7, 11) is 2.09. The number of nitrogens with one attached hydrogen (secondary N) is 1. The molecule has 0 spiro atoms. The van der Waals surface area contributed by atoms with Gasteiger partial charge in [0, 0.05) is 52.5 Å². The number of hydrogen-bond donors (Lipinski definition) is 1. The zero-order valence-corrected chi connectivity index (χ0v) is 17.3. The van der Waals surface area contributed by atoms with Crippen LogP contribution in [0.25, 0.3) is 0 Å². The molecule has 1 fully saturated rings. The molecule has 0 atom stereocenters. The zero-order chi connectivity index (χ0) is 19.5. The Morgan fingerprint density at radius 3 is 2.67 bits per heavy atom. The molecule has 2 heterocycles. The van der Waals surface area contributed by atoms with Crippen molar-refractivity contribution in [1.29, 1.82) is 0 Å². The van der Waals surface area contributed by atoms with Crippen LogP contribution in [0.15, 0.2) is 36.0 Å². The van der Waals surface area contributed by atoms with Crippen molar-refractivity contribution >= 4 is 11.8 Å². The lowest BCUT2D eigenvalue weighted by molar-refractivity contribution is 0.270. The number of unbranched alkanes of at least 4 members (excludes halogenated alkanes) is 1. The molecule has 0 saturated carbocycles. The summed E-state index contributed by atoms with van der Waals surface area (Å²) in [4.78, 5) is 16.5. The fraction of sp³-hybridized carbons (Fsp3) is 0.619. The summed E-state index contributed by atoms with van der Waals surface area (Å²) in [5.41, 5.74) is 1.14. The first-order chi connectivity index (χ1) is 13.2. The van der Waals surface area contributed by atoms with Gasteiger partial charge < -0.3 is 20.0 Å². The number of pyridine rings is 1. The smallest absolute Gasteiger partial charge is 0.193 e. The molecule has 27 heavy (non-hydrogen) atoms. The maximum absolute atomic E-state index is 4.77. The molecule has 0 aliphatic carbocycles. The molecule has 2 rings (SSSR count). The molecule has 1 aromatic heterocycles. The van der Waals surface area contributed by atoms with Crippen LogP contribution in [0.4, 0.5) is 5.82 Å². The number of rotatable bonds is 9. The van der Waals surface area contributed by atoms with Gasteiger partial charge in [-0.25, -0.2) is 9.98 Å². The van der Waals surface area contributed by atoms with E-state index in [1.807, 2.05) is 12.3 Å². The molecule has 6 nitrogen and oxygen atoms in total. The predicted molar refractivity (Wildman–Crippen MR) is 115 cm³/mol. The molecule has 6 heteroatoms. The van der Waals surface area contributed by atoms with Crippen LogP contribution in [0.3, 0.4) is 0 Å². The number of guanidine groups is 1. The minimum Gasteiger partial charge on any atom is -0.357 e. The van der Waals surface area contributed by atoms with E-state index in [0.29, 0.717) is 6.54 Å². The molecule has 1 N–H and O–H groups in total. The molecule has 0 radical (unpaired) electrons. The minimum atomic E-state index is 0.644. The van der Waals surface area contributed by atoms with Crippen LogP contribution < -0.4 is 10.2 Å². The lowest BCUT2D eigenvalue weighted by Gasteiger charge is -2.34. The topological polar surface area (TPSA) is 47.0 Å². The molecular weight excluding hydrogens is 336 g/mol. The lowest BCUT2D eigenvalue weighted by atomic mass is 10.2. The van der Waals surface area contributed by atoms with E-state index in [4.69, 9.17) is 4.99 Å². The van der Waals surface area contributed by atoms with E-state index in [1.54, 1.807) is 0 Å². The van der Waals surface area contributed by atoms with Crippen molar-refractivity contribution in [1.82, 2.24) is 20.1 Å². The van der Waals surface area contributed by atoms with E-state index >= 15 is 0 Å². The molecule has 0 unspecified atom stereocenters. The van der Waals surface area contributed by atoms with Crippen molar-refractivity contribution in [2.45, 2.75) is 33.2 Å². The second-order valence-electron chi connectivity index (χ2n) is 6.97. The Morgan fingerprint density at radius 2 is 2.07 bits per heavy atom. The van der Waals surface area contributed by atoms with Crippen LogP contribution in [-0.4, -0.2) is 73.6 Å². The van der Waals surface area contributed by atoms with Crippen molar-refractivity contribution in [3.63, 3.8) is 0 Å². The summed E-state index contributed by atoms with van der Waals surface area (Å²) in [6.07, 6.45) is 6.05. The highest BCUT2D eigenvalue weighted by Crippen LogP contribution is 2.14. The van der Waals surface area contributed by atoms with Gasteiger partial charge in [-0.2, -0.15) is 0 Å². The van der Waals surface area contributed by atoms with Crippen molar-refractivity contribution in [2.75, 3.05) is 57.8 Å². The maximum atomic E-state index is 4.77. The molecule has 1 aromatic rings. The summed E-state index contributed by atoms with van der Waals surface area (Å²) < 4.78 is 0. The largest absolute Gasteiger partial charge is 0.357 e. The van der Waals surface area contributed by atoms with Crippen LogP contribution in [0.5, 0.6) is 0 Å². The number of piperazine rings is 1. The number of anilines is 1. The van der Waals surface area contributed by atoms with Crippen molar-refractivity contribution in [3.05, 3.63) is 36.5 Å². The average molecular weight is 373 g/mol. The highest BCUT2D eigenvalue weighted by atomic mass is 15.3. The number of aliphatic imine (C=N–C) groups is 1. The molecule has 150 valence electrons. The number of allylic oxidation sites excluding steroid dienone is 1. The van der Waals surface area contributed by atoms with E-state index in [9.17, 15) is 0 Å². The quantitative estimate of drug-likeness (QED) is 0.312. The molecule has 0 aromatic carbocycles. The highest BCUT2D eigenvalue weighted by Gasteiger charge is 2.16. The first-order valence-electron chi connectivity index (χ1n) is 10.2. The number of likely N-dealkylation sites (N-methyl/N-ethyl adjacent to an activating group) is 1. The third-order valence-corrected chi connectivity index (χ3v) is 4.96. The Labute approximate surface area is 165 Å². The standard InChI is InChI=1S/C21H36N6/c1-5-8-9-12-25(4)21(22-6-2)24-18-19-10-11-20(23-17-19)27-15-13-26(7-3)14-16-27/h5,10-11,17H,1,6-9,12-16,18H2,2-4H3,(H,22,24). The van der Waals surface area contributed by atoms with Crippen LogP contribution in [0, 0.1) is 0 Å². The summed E-state index contributed by atoms with van der Waals surface area (Å²) >= 11 is 0. The fourth-order valence-corrected chi connectivity index (χ4v) is 3.21. The third kappa shape index (κ3) is 6.86. The van der Waals surface area contributed by atoms with E-state index in [0.717, 1.165) is 76.0 Å². The van der Waals surface area contributed by atoms with Crippen LogP contribution in [0.2, 0.25) is 0 Å². The summed E-state index contributed by atoms with van der Waals surface area (Å²) in [5.74, 6) is 2.02. The maximum Gasteiger partial charge on any atom is 0.193 e. The highest BCUT2D eigenvalue weighted by molar-refractivity contribution is 5.79. The Bertz CT molecular complexity index is 575. The van der Waals surface area contributed by atoms with Crippen molar-refractivity contribution in [2.24, 2.45) is 4.99 Å². The average Bonchev–Trinajstić information content (AvgIpc) is 2.71. The molecule has 1 aliphatic rings. The van der Waals surface area contributed by atoms with Crippen LogP contribution in [0.1, 0.15) is 32.3 Å². The zero-order valence-electron chi connectivity index (χ0n) is 17.3. The van der Waals surface area contributed by atoms with Gasteiger partial charge in [0.2, 0.25) is 0 Å². The van der Waals surface area contributed by atoms with Gasteiger partial charge in [0.25, 0.3) is 0 Å². The van der Waals surface area contributed by atoms with Crippen LogP contribution in [-0.2, 0) is 6.54 Å². The second-order valence-corrected chi connectivity index (χ2v) is 6.97. The van der Waals surface area contributed by atoms with Gasteiger partial charge in [-0.1, -0.05) is 19.1 Å². The van der Waals surface area contributed by atoms with Gasteiger partial charge in [0.15, 0.2) is 5.96 Å². The Kier molecular flexibility index (Phi) is 9.11. The van der Waals surface area contributed by atoms with Crippen molar-refractivity contribution in [3.8, 4) is 0 Å². The molecular formula is C21H36N6. The Hall–Kier alpha value is -2.08. The number of hydrogen-bond acceptors (Lipinski definition) is 4. The first kappa shape index (κ1) is 21.2. The molecule has 0 bridgehead atoms. The number of nitrogens with zero attached hydrogens (tertiary/aromatic N) is 5. The van der Waals surface area contributed by atoms with Crippen molar-refractivity contribution < 1.29 is 0 Å². The van der Waals surface area contributed by atoms with Gasteiger partial charge in [0.1, 0.15) is 5.82 Å². The second kappa shape index (κ2) is 11.6. The molecule has 1 saturated heterocycles. The van der Waals surface area contributed by atoms with Gasteiger partial charge in [-0.05, 0) is 37.9 Å². The van der Waals surface area contributed by atoms with Gasteiger partial charge in [-0.3, -0.25) is 0 Å². The normalized spacial score (nSPS) is 15.7. The van der Waals surface area contributed by atoms with Gasteiger partial charge in [0.05, 0.1) is 6.54 Å². The van der Waals surface area contributed by atoms with E-state index in [1.165, 1.54) is 0 Å². The molecule has 1 aliphatic heterocycles. The molecule has 0 amide bonds. The van der Waals surface area contributed by atoms with Crippen LogP contribution >= 0.6 is 0 Å². The van der Waals surface area contributed by atoms with E-state index < -0.39 is 0 Å². The van der Waals surface area contributed by atoms with Gasteiger partial charge >= 0.3 is 0 Å². The predicted octanol–water partition coefficient (Wildman–Crippen LogP) is 2.59. The van der Waals surface area contributed by atoms with E-state index in [-0.39, 0.29) is 0 Å². The SMILES string of the molecule is C=CCCCN(C)C(=NCc1ccc(N2CCN(CC)CC2)nc1)NCC. The van der Waals surface area contributed by atoms with E-state index in [2.05, 4.69) is 64.6 Å². The minimum absolute atomic E-state index is 0.644. The summed E-state index contributed by atoms with van der Waals surface area (Å²) in [5, 5.41) is 3.37. The lowest BCUT2D eigenvalue weighted by Crippen LogP contribution is -2.46. The van der Waals surface area contributed by atoms with Gasteiger partial charge in [-0.15, -0.1) is 6.58 Å². The monoisotopic (exact) mass is 372 g/mol. The summed E-state index contributed by atoms with van der Waals surface area (Å²) in [6, 6.07) is 4.28. The first-order valence-corrected chi connectivity index (χ1v) is 10.2. The third-order valence-electron chi connectivity index (χ3n) is 4.96. The Balaban J connectivity index is 1.91.